The molecule has 0 aliphatic carbocycles. The van der Waals surface area contributed by atoms with Crippen LogP contribution >= 0.6 is 0 Å². The molecule has 1 aliphatic rings. The van der Waals surface area contributed by atoms with E-state index in [4.69, 9.17) is 9.25 Å². The van der Waals surface area contributed by atoms with Crippen molar-refractivity contribution in [2.45, 2.75) is 33.6 Å². The van der Waals surface area contributed by atoms with Gasteiger partial charge in [0, 0.05) is 30.3 Å². The van der Waals surface area contributed by atoms with Crippen LogP contribution < -0.4 is 10.2 Å². The van der Waals surface area contributed by atoms with E-state index >= 15 is 0 Å². The zero-order chi connectivity index (χ0) is 26.8. The van der Waals surface area contributed by atoms with Crippen molar-refractivity contribution >= 4 is 32.6 Å². The molecular weight excluding hydrogens is 492 g/mol. The summed E-state index contributed by atoms with van der Waals surface area (Å²) in [5.41, 5.74) is 1.90. The Morgan fingerprint density at radius 3 is 2.41 bits per heavy atom. The summed E-state index contributed by atoms with van der Waals surface area (Å²) in [5, 5.41) is 2.15. The van der Waals surface area contributed by atoms with Gasteiger partial charge in [0.1, 0.15) is 11.8 Å². The van der Waals surface area contributed by atoms with Crippen LogP contribution in [0.4, 0.5) is 5.69 Å². The molecule has 4 rings (SSSR count). The van der Waals surface area contributed by atoms with Gasteiger partial charge < -0.3 is 9.25 Å². The van der Waals surface area contributed by atoms with Crippen LogP contribution in [-0.2, 0) is 19.7 Å². The van der Waals surface area contributed by atoms with E-state index in [2.05, 4.69) is 16.6 Å². The Kier molecular flexibility index (Phi) is 7.44. The highest BCUT2D eigenvalue weighted by atomic mass is 32.2. The van der Waals surface area contributed by atoms with Crippen molar-refractivity contribution in [3.05, 3.63) is 64.5 Å². The molecule has 3 aromatic rings. The fourth-order valence-corrected chi connectivity index (χ4v) is 4.43. The van der Waals surface area contributed by atoms with E-state index in [0.717, 1.165) is 24.7 Å². The number of hydroxylamine groups is 2. The van der Waals surface area contributed by atoms with Crippen LogP contribution in [0.15, 0.2) is 57.9 Å². The molecule has 1 aromatic heterocycles. The van der Waals surface area contributed by atoms with Gasteiger partial charge in [-0.2, -0.15) is 0 Å². The zero-order valence-electron chi connectivity index (χ0n) is 21.3. The third-order valence-corrected chi connectivity index (χ3v) is 6.58. The predicted molar refractivity (Wildman–Crippen MR) is 143 cm³/mol. The second-order valence-electron chi connectivity index (χ2n) is 10.2. The van der Waals surface area contributed by atoms with Gasteiger partial charge in [-0.3, -0.25) is 9.52 Å². The highest BCUT2D eigenvalue weighted by molar-refractivity contribution is 7.92. The normalized spacial score (nSPS) is 15.1. The molecule has 0 spiro atoms. The first-order valence-corrected chi connectivity index (χ1v) is 13.9. The molecule has 2 aromatic carbocycles. The summed E-state index contributed by atoms with van der Waals surface area (Å²) in [6, 6.07) is 11.8. The van der Waals surface area contributed by atoms with Gasteiger partial charge >= 0.3 is 5.97 Å². The molecule has 0 bridgehead atoms. The van der Waals surface area contributed by atoms with Crippen molar-refractivity contribution in [3.63, 3.8) is 0 Å². The van der Waals surface area contributed by atoms with Crippen LogP contribution in [0.2, 0.25) is 0 Å². The Morgan fingerprint density at radius 2 is 1.78 bits per heavy atom. The van der Waals surface area contributed by atoms with E-state index in [0.29, 0.717) is 40.9 Å². The highest BCUT2D eigenvalue weighted by Crippen LogP contribution is 2.24. The molecule has 1 saturated heterocycles. The number of benzene rings is 2. The van der Waals surface area contributed by atoms with Crippen molar-refractivity contribution in [1.82, 2.24) is 5.06 Å². The third kappa shape index (κ3) is 6.79. The number of carbonyl (C=O) groups excluding carboxylic acids is 1. The van der Waals surface area contributed by atoms with Gasteiger partial charge in [-0.25, -0.2) is 13.2 Å². The fraction of sp³-hybridized carbons (Fsp3) is 0.357. The lowest BCUT2D eigenvalue weighted by Crippen LogP contribution is -2.38. The van der Waals surface area contributed by atoms with Crippen LogP contribution in [-0.4, -0.2) is 38.8 Å². The molecule has 0 unspecified atom stereocenters. The minimum absolute atomic E-state index is 0.179. The first kappa shape index (κ1) is 26.5. The number of fused-ring (bicyclic) bond motifs is 1. The predicted octanol–water partition coefficient (Wildman–Crippen LogP) is 4.40. The number of carbonyl (C=O) groups is 1. The van der Waals surface area contributed by atoms with Crippen molar-refractivity contribution in [2.75, 3.05) is 24.1 Å². The largest absolute Gasteiger partial charge is 0.463 e. The Labute approximate surface area is 216 Å². The van der Waals surface area contributed by atoms with Gasteiger partial charge in [0.25, 0.3) is 0 Å². The van der Waals surface area contributed by atoms with Gasteiger partial charge in [0.2, 0.25) is 10.0 Å². The lowest BCUT2D eigenvalue weighted by atomic mass is 9.97. The lowest BCUT2D eigenvalue weighted by Gasteiger charge is -2.30. The van der Waals surface area contributed by atoms with Gasteiger partial charge in [0.05, 0.1) is 22.6 Å². The summed E-state index contributed by atoms with van der Waals surface area (Å²) in [7, 11) is -3.38. The smallest absolute Gasteiger partial charge is 0.330 e. The Hall–Kier alpha value is -3.61. The summed E-state index contributed by atoms with van der Waals surface area (Å²) < 4.78 is 30.9. The molecule has 0 saturated carbocycles. The van der Waals surface area contributed by atoms with Crippen LogP contribution in [0, 0.1) is 23.2 Å². The monoisotopic (exact) mass is 522 g/mol. The summed E-state index contributed by atoms with van der Waals surface area (Å²) in [5.74, 6) is 6.43. The standard InChI is InChI=1S/C28H30N2O6S/c1-28(2,3)27(32)36-30-15-13-19(14-16-30)5-6-20-7-12-23-25(17-20)35-18-24(26(23)31)21-8-10-22(11-9-21)29-37(4,33)34/h7-12,17-19,29H,13-16H2,1-4H3. The topological polar surface area (TPSA) is 106 Å². The maximum absolute atomic E-state index is 13.1. The summed E-state index contributed by atoms with van der Waals surface area (Å²) in [4.78, 5) is 30.6. The SMILES string of the molecule is CC(C)(C)C(=O)ON1CCC(C#Cc2ccc3c(=O)c(-c4ccc(NS(C)(=O)=O)cc4)coc3c2)CC1. The number of hydrogen-bond donors (Lipinski definition) is 1. The van der Waals surface area contributed by atoms with E-state index < -0.39 is 15.4 Å². The molecule has 8 nitrogen and oxygen atoms in total. The van der Waals surface area contributed by atoms with Gasteiger partial charge in [0.15, 0.2) is 5.43 Å². The average Bonchev–Trinajstić information content (AvgIpc) is 2.83. The van der Waals surface area contributed by atoms with Crippen molar-refractivity contribution in [1.29, 1.82) is 0 Å². The van der Waals surface area contributed by atoms with Gasteiger partial charge in [-0.1, -0.05) is 24.0 Å². The molecule has 37 heavy (non-hydrogen) atoms. The van der Waals surface area contributed by atoms with Crippen LogP contribution in [0.1, 0.15) is 39.2 Å². The van der Waals surface area contributed by atoms with E-state index in [9.17, 15) is 18.0 Å². The molecule has 0 atom stereocenters. The highest BCUT2D eigenvalue weighted by Gasteiger charge is 2.28. The maximum Gasteiger partial charge on any atom is 0.330 e. The van der Waals surface area contributed by atoms with E-state index in [-0.39, 0.29) is 17.3 Å². The number of hydrogen-bond acceptors (Lipinski definition) is 7. The number of rotatable bonds is 4. The Bertz CT molecular complexity index is 1530. The second kappa shape index (κ2) is 10.4. The number of nitrogens with one attached hydrogen (secondary N) is 1. The minimum Gasteiger partial charge on any atom is -0.463 e. The molecule has 1 aliphatic heterocycles. The molecule has 0 amide bonds. The molecule has 1 fully saturated rings. The molecule has 0 radical (unpaired) electrons. The van der Waals surface area contributed by atoms with Crippen LogP contribution in [0.25, 0.3) is 22.1 Å². The number of piperidine rings is 1. The van der Waals surface area contributed by atoms with Gasteiger partial charge in [-0.15, -0.1) is 5.06 Å². The minimum atomic E-state index is -3.38. The number of nitrogens with zero attached hydrogens (tertiary/aromatic N) is 1. The van der Waals surface area contributed by atoms with Crippen LogP contribution in [0.3, 0.4) is 0 Å². The van der Waals surface area contributed by atoms with E-state index in [1.54, 1.807) is 47.5 Å². The summed E-state index contributed by atoms with van der Waals surface area (Å²) >= 11 is 0. The first-order valence-electron chi connectivity index (χ1n) is 12.0. The zero-order valence-corrected chi connectivity index (χ0v) is 22.1. The molecular formula is C28H30N2O6S. The van der Waals surface area contributed by atoms with Crippen molar-refractivity contribution in [3.8, 4) is 23.0 Å². The molecule has 1 N–H and O–H groups in total. The van der Waals surface area contributed by atoms with Crippen molar-refractivity contribution < 1.29 is 22.5 Å². The van der Waals surface area contributed by atoms with Crippen LogP contribution in [0.5, 0.6) is 0 Å². The maximum atomic E-state index is 13.1. The molecule has 2 heterocycles. The first-order chi connectivity index (χ1) is 17.4. The van der Waals surface area contributed by atoms with Gasteiger partial charge in [-0.05, 0) is 69.5 Å². The molecule has 9 heteroatoms. The summed E-state index contributed by atoms with van der Waals surface area (Å²) in [6.07, 6.45) is 4.09. The Balaban J connectivity index is 1.44. The number of sulfonamides is 1. The Morgan fingerprint density at radius 1 is 1.11 bits per heavy atom. The van der Waals surface area contributed by atoms with Crippen molar-refractivity contribution in [2.24, 2.45) is 11.3 Å². The van der Waals surface area contributed by atoms with E-state index in [1.807, 2.05) is 20.8 Å². The second-order valence-corrected chi connectivity index (χ2v) is 12.0. The average molecular weight is 523 g/mol. The van der Waals surface area contributed by atoms with E-state index in [1.165, 1.54) is 6.26 Å². The lowest BCUT2D eigenvalue weighted by molar-refractivity contribution is -0.205. The quantitative estimate of drug-likeness (QED) is 0.506. The molecule has 194 valence electrons. The fourth-order valence-electron chi connectivity index (χ4n) is 3.87. The summed E-state index contributed by atoms with van der Waals surface area (Å²) in [6.45, 7) is 6.78. The number of anilines is 1. The third-order valence-electron chi connectivity index (χ3n) is 5.97.